The van der Waals surface area contributed by atoms with Gasteiger partial charge in [-0.15, -0.1) is 0 Å². The van der Waals surface area contributed by atoms with E-state index >= 15 is 0 Å². The molecule has 8 heteroatoms. The fraction of sp³-hybridized carbons (Fsp3) is 0.474. The summed E-state index contributed by atoms with van der Waals surface area (Å²) in [6, 6.07) is 3.54. The highest BCUT2D eigenvalue weighted by Crippen LogP contribution is 2.40. The van der Waals surface area contributed by atoms with Gasteiger partial charge in [-0.1, -0.05) is 0 Å². The fourth-order valence-electron chi connectivity index (χ4n) is 3.74. The SMILES string of the molecule is CCOc1ccc2c(C)c(C(=O)N3CC4(CNC(=O)N4)C3)oc2c1OCC. The zero-order valence-electron chi connectivity index (χ0n) is 15.7. The Hall–Kier alpha value is -2.90. The third kappa shape index (κ3) is 2.75. The Kier molecular flexibility index (Phi) is 4.13. The molecule has 4 rings (SSSR count). The van der Waals surface area contributed by atoms with Gasteiger partial charge in [-0.05, 0) is 32.9 Å². The number of ether oxygens (including phenoxy) is 2. The third-order valence-electron chi connectivity index (χ3n) is 5.05. The molecule has 1 aromatic heterocycles. The van der Waals surface area contributed by atoms with E-state index in [4.69, 9.17) is 13.9 Å². The molecule has 2 aliphatic heterocycles. The van der Waals surface area contributed by atoms with Crippen LogP contribution in [0.4, 0.5) is 4.79 Å². The number of likely N-dealkylation sites (tertiary alicyclic amines) is 1. The van der Waals surface area contributed by atoms with E-state index in [2.05, 4.69) is 10.6 Å². The van der Waals surface area contributed by atoms with Gasteiger partial charge < -0.3 is 29.4 Å². The highest BCUT2D eigenvalue weighted by Gasteiger charge is 2.50. The van der Waals surface area contributed by atoms with E-state index in [1.54, 1.807) is 4.90 Å². The largest absolute Gasteiger partial charge is 0.490 e. The number of amides is 3. The Labute approximate surface area is 156 Å². The summed E-state index contributed by atoms with van der Waals surface area (Å²) in [6.07, 6.45) is 0. The van der Waals surface area contributed by atoms with Crippen LogP contribution in [-0.4, -0.2) is 55.2 Å². The molecule has 0 atom stereocenters. The quantitative estimate of drug-likeness (QED) is 0.837. The molecule has 3 amide bonds. The predicted molar refractivity (Wildman–Crippen MR) is 98.5 cm³/mol. The summed E-state index contributed by atoms with van der Waals surface area (Å²) in [5, 5.41) is 6.45. The number of fused-ring (bicyclic) bond motifs is 1. The molecule has 0 unspecified atom stereocenters. The monoisotopic (exact) mass is 373 g/mol. The average molecular weight is 373 g/mol. The number of nitrogens with zero attached hydrogens (tertiary/aromatic N) is 1. The van der Waals surface area contributed by atoms with E-state index in [0.717, 1.165) is 10.9 Å². The van der Waals surface area contributed by atoms with E-state index in [1.807, 2.05) is 32.9 Å². The van der Waals surface area contributed by atoms with Crippen molar-refractivity contribution in [1.82, 2.24) is 15.5 Å². The second kappa shape index (κ2) is 6.37. The normalized spacial score (nSPS) is 17.6. The molecule has 1 spiro atoms. The van der Waals surface area contributed by atoms with E-state index in [0.29, 0.717) is 55.7 Å². The Bertz CT molecular complexity index is 914. The van der Waals surface area contributed by atoms with Crippen molar-refractivity contribution in [2.24, 2.45) is 0 Å². The number of urea groups is 1. The lowest BCUT2D eigenvalue weighted by molar-refractivity contribution is 0.0368. The van der Waals surface area contributed by atoms with Crippen LogP contribution >= 0.6 is 0 Å². The lowest BCUT2D eigenvalue weighted by Gasteiger charge is -2.46. The molecule has 144 valence electrons. The van der Waals surface area contributed by atoms with Gasteiger partial charge in [-0.2, -0.15) is 0 Å². The summed E-state index contributed by atoms with van der Waals surface area (Å²) >= 11 is 0. The smallest absolute Gasteiger partial charge is 0.315 e. The maximum atomic E-state index is 12.9. The minimum absolute atomic E-state index is 0.184. The standard InChI is InChI=1S/C19H23N3O5/c1-4-25-13-7-6-12-11(3)14(27-15(12)16(13)26-5-2)17(23)22-9-19(10-22)8-20-18(24)21-19/h6-7H,4-5,8-10H2,1-3H3,(H2,20,21,24). The lowest BCUT2D eigenvalue weighted by atomic mass is 9.90. The summed E-state index contributed by atoms with van der Waals surface area (Å²) in [5.41, 5.74) is 0.939. The molecule has 2 saturated heterocycles. The molecule has 3 heterocycles. The van der Waals surface area contributed by atoms with E-state index in [-0.39, 0.29) is 17.5 Å². The zero-order chi connectivity index (χ0) is 19.2. The van der Waals surface area contributed by atoms with Crippen LogP contribution in [0.25, 0.3) is 11.0 Å². The lowest BCUT2D eigenvalue weighted by Crippen LogP contribution is -2.70. The van der Waals surface area contributed by atoms with Crippen molar-refractivity contribution in [3.05, 3.63) is 23.5 Å². The summed E-state index contributed by atoms with van der Waals surface area (Å²) in [4.78, 5) is 26.0. The minimum atomic E-state index is -0.356. The highest BCUT2D eigenvalue weighted by atomic mass is 16.5. The predicted octanol–water partition coefficient (Wildman–Crippen LogP) is 2.05. The van der Waals surface area contributed by atoms with Crippen LogP contribution in [0.2, 0.25) is 0 Å². The van der Waals surface area contributed by atoms with Crippen molar-refractivity contribution in [1.29, 1.82) is 0 Å². The number of nitrogens with one attached hydrogen (secondary N) is 2. The van der Waals surface area contributed by atoms with Crippen LogP contribution in [-0.2, 0) is 0 Å². The van der Waals surface area contributed by atoms with Crippen LogP contribution in [0.1, 0.15) is 30.0 Å². The molecule has 2 aliphatic rings. The molecule has 2 fully saturated rings. The molecule has 2 N–H and O–H groups in total. The van der Waals surface area contributed by atoms with Crippen LogP contribution < -0.4 is 20.1 Å². The van der Waals surface area contributed by atoms with Gasteiger partial charge in [0.1, 0.15) is 0 Å². The molecule has 0 radical (unpaired) electrons. The summed E-state index contributed by atoms with van der Waals surface area (Å²) in [6.45, 7) is 8.08. The molecular formula is C19H23N3O5. The van der Waals surface area contributed by atoms with E-state index in [1.165, 1.54) is 0 Å². The van der Waals surface area contributed by atoms with Crippen molar-refractivity contribution in [2.75, 3.05) is 32.8 Å². The molecule has 27 heavy (non-hydrogen) atoms. The van der Waals surface area contributed by atoms with Crippen molar-refractivity contribution in [3.63, 3.8) is 0 Å². The van der Waals surface area contributed by atoms with Gasteiger partial charge >= 0.3 is 6.03 Å². The van der Waals surface area contributed by atoms with Crippen LogP contribution in [0, 0.1) is 6.92 Å². The van der Waals surface area contributed by atoms with Crippen LogP contribution in [0.5, 0.6) is 11.5 Å². The van der Waals surface area contributed by atoms with Crippen molar-refractivity contribution >= 4 is 22.9 Å². The number of carbonyl (C=O) groups is 2. The first-order chi connectivity index (χ1) is 13.0. The van der Waals surface area contributed by atoms with Crippen molar-refractivity contribution in [3.8, 4) is 11.5 Å². The van der Waals surface area contributed by atoms with Gasteiger partial charge in [-0.3, -0.25) is 4.79 Å². The minimum Gasteiger partial charge on any atom is -0.490 e. The van der Waals surface area contributed by atoms with Crippen molar-refractivity contribution in [2.45, 2.75) is 26.3 Å². The first-order valence-electron chi connectivity index (χ1n) is 9.15. The zero-order valence-corrected chi connectivity index (χ0v) is 15.7. The van der Waals surface area contributed by atoms with Gasteiger partial charge in [0.2, 0.25) is 5.75 Å². The molecule has 0 bridgehead atoms. The van der Waals surface area contributed by atoms with Crippen LogP contribution in [0.15, 0.2) is 16.5 Å². The van der Waals surface area contributed by atoms with Gasteiger partial charge in [0.05, 0.1) is 18.8 Å². The van der Waals surface area contributed by atoms with E-state index in [9.17, 15) is 9.59 Å². The molecule has 1 aromatic carbocycles. The molecule has 2 aromatic rings. The molecular weight excluding hydrogens is 350 g/mol. The van der Waals surface area contributed by atoms with Gasteiger partial charge in [-0.25, -0.2) is 4.79 Å². The van der Waals surface area contributed by atoms with Crippen LogP contribution in [0.3, 0.4) is 0 Å². The second-order valence-corrected chi connectivity index (χ2v) is 6.94. The number of hydrogen-bond donors (Lipinski definition) is 2. The number of carbonyl (C=O) groups excluding carboxylic acids is 2. The van der Waals surface area contributed by atoms with Gasteiger partial charge in [0, 0.05) is 30.6 Å². The highest BCUT2D eigenvalue weighted by molar-refractivity contribution is 6.01. The Morgan fingerprint density at radius 2 is 2.00 bits per heavy atom. The average Bonchev–Trinajstić information content (AvgIpc) is 3.16. The number of aryl methyl sites for hydroxylation is 1. The first kappa shape index (κ1) is 17.5. The number of benzene rings is 1. The number of hydrogen-bond acceptors (Lipinski definition) is 5. The number of rotatable bonds is 5. The summed E-state index contributed by atoms with van der Waals surface area (Å²) in [7, 11) is 0. The Morgan fingerprint density at radius 1 is 1.26 bits per heavy atom. The van der Waals surface area contributed by atoms with Gasteiger partial charge in [0.15, 0.2) is 17.1 Å². The third-order valence-corrected chi connectivity index (χ3v) is 5.05. The van der Waals surface area contributed by atoms with Crippen molar-refractivity contribution < 1.29 is 23.5 Å². The molecule has 0 saturated carbocycles. The van der Waals surface area contributed by atoms with E-state index < -0.39 is 0 Å². The maximum absolute atomic E-state index is 12.9. The molecule has 0 aliphatic carbocycles. The topological polar surface area (TPSA) is 93.0 Å². The maximum Gasteiger partial charge on any atom is 0.315 e. The summed E-state index contributed by atoms with van der Waals surface area (Å²) in [5.74, 6) is 1.23. The first-order valence-corrected chi connectivity index (χ1v) is 9.15. The number of furan rings is 1. The fourth-order valence-corrected chi connectivity index (χ4v) is 3.74. The Morgan fingerprint density at radius 3 is 2.63 bits per heavy atom. The Balaban J connectivity index is 1.64. The summed E-state index contributed by atoms with van der Waals surface area (Å²) < 4.78 is 17.3. The second-order valence-electron chi connectivity index (χ2n) is 6.94. The molecule has 8 nitrogen and oxygen atoms in total. The van der Waals surface area contributed by atoms with Gasteiger partial charge in [0.25, 0.3) is 5.91 Å².